The predicted octanol–water partition coefficient (Wildman–Crippen LogP) is 0.257. The minimum atomic E-state index is -3.55. The van der Waals surface area contributed by atoms with Crippen LogP contribution in [0, 0.1) is 5.82 Å². The van der Waals surface area contributed by atoms with Crippen molar-refractivity contribution in [2.75, 3.05) is 6.26 Å². The van der Waals surface area contributed by atoms with Crippen LogP contribution in [-0.2, 0) is 21.1 Å². The topological polar surface area (TPSA) is 77.2 Å². The standard InChI is InChI=1S/C9H10FNO3S/c1-15(13,14)8-5-7(10)3-2-6(8)4-9(11)12/h2-3,5H,4H2,1H3,(H2,11,12). The van der Waals surface area contributed by atoms with Crippen LogP contribution < -0.4 is 5.73 Å². The summed E-state index contributed by atoms with van der Waals surface area (Å²) < 4.78 is 35.4. The van der Waals surface area contributed by atoms with Crippen molar-refractivity contribution in [3.63, 3.8) is 0 Å². The molecule has 82 valence electrons. The zero-order chi connectivity index (χ0) is 11.6. The normalized spacial score (nSPS) is 11.3. The minimum Gasteiger partial charge on any atom is -0.369 e. The van der Waals surface area contributed by atoms with Crippen LogP contribution in [0.5, 0.6) is 0 Å². The summed E-state index contributed by atoms with van der Waals surface area (Å²) in [6.45, 7) is 0. The Bertz CT molecular complexity index is 496. The molecule has 0 unspecified atom stereocenters. The van der Waals surface area contributed by atoms with Crippen molar-refractivity contribution < 1.29 is 17.6 Å². The van der Waals surface area contributed by atoms with Gasteiger partial charge >= 0.3 is 0 Å². The smallest absolute Gasteiger partial charge is 0.221 e. The van der Waals surface area contributed by atoms with E-state index in [1.54, 1.807) is 0 Å². The Kier molecular flexibility index (Phi) is 3.09. The molecule has 0 aliphatic rings. The first kappa shape index (κ1) is 11.6. The SMILES string of the molecule is CS(=O)(=O)c1cc(F)ccc1CC(N)=O. The summed E-state index contributed by atoms with van der Waals surface area (Å²) in [6.07, 6.45) is 0.731. The molecule has 4 nitrogen and oxygen atoms in total. The Morgan fingerprint density at radius 2 is 2.07 bits per heavy atom. The van der Waals surface area contributed by atoms with Crippen LogP contribution in [0.1, 0.15) is 5.56 Å². The number of nitrogens with two attached hydrogens (primary N) is 1. The molecule has 0 radical (unpaired) electrons. The molecule has 1 amide bonds. The lowest BCUT2D eigenvalue weighted by Gasteiger charge is -2.05. The number of carbonyl (C=O) groups excluding carboxylic acids is 1. The Morgan fingerprint density at radius 3 is 2.53 bits per heavy atom. The van der Waals surface area contributed by atoms with Gasteiger partial charge in [0, 0.05) is 6.26 Å². The molecule has 0 heterocycles. The second-order valence-electron chi connectivity index (χ2n) is 3.17. The van der Waals surface area contributed by atoms with Crippen LogP contribution in [0.4, 0.5) is 4.39 Å². The van der Waals surface area contributed by atoms with E-state index in [1.807, 2.05) is 0 Å². The van der Waals surface area contributed by atoms with Crippen molar-refractivity contribution in [3.05, 3.63) is 29.6 Å². The third-order valence-corrected chi connectivity index (χ3v) is 2.97. The van der Waals surface area contributed by atoms with Gasteiger partial charge in [-0.1, -0.05) is 6.07 Å². The van der Waals surface area contributed by atoms with Crippen LogP contribution in [0.2, 0.25) is 0 Å². The Hall–Kier alpha value is -1.43. The van der Waals surface area contributed by atoms with E-state index in [9.17, 15) is 17.6 Å². The van der Waals surface area contributed by atoms with Gasteiger partial charge in [-0.3, -0.25) is 4.79 Å². The number of benzene rings is 1. The number of hydrogen-bond acceptors (Lipinski definition) is 3. The van der Waals surface area contributed by atoms with Gasteiger partial charge in [0.2, 0.25) is 5.91 Å². The van der Waals surface area contributed by atoms with E-state index >= 15 is 0 Å². The highest BCUT2D eigenvalue weighted by molar-refractivity contribution is 7.90. The second-order valence-corrected chi connectivity index (χ2v) is 5.15. The highest BCUT2D eigenvalue weighted by atomic mass is 32.2. The molecular formula is C9H10FNO3S. The van der Waals surface area contributed by atoms with E-state index in [0.717, 1.165) is 18.4 Å². The zero-order valence-corrected chi connectivity index (χ0v) is 8.84. The summed E-state index contributed by atoms with van der Waals surface area (Å²) in [5, 5.41) is 0. The van der Waals surface area contributed by atoms with Gasteiger partial charge in [0.1, 0.15) is 5.82 Å². The second kappa shape index (κ2) is 3.98. The molecule has 0 spiro atoms. The summed E-state index contributed by atoms with van der Waals surface area (Å²) in [4.78, 5) is 10.5. The molecule has 0 atom stereocenters. The average Bonchev–Trinajstić information content (AvgIpc) is 2.05. The quantitative estimate of drug-likeness (QED) is 0.810. The molecular weight excluding hydrogens is 221 g/mol. The molecule has 0 saturated carbocycles. The van der Waals surface area contributed by atoms with E-state index in [1.165, 1.54) is 6.07 Å². The summed E-state index contributed by atoms with van der Waals surface area (Å²) in [7, 11) is -3.55. The fraction of sp³-hybridized carbons (Fsp3) is 0.222. The van der Waals surface area contributed by atoms with Crippen molar-refractivity contribution in [2.24, 2.45) is 5.73 Å². The molecule has 0 aliphatic carbocycles. The van der Waals surface area contributed by atoms with Crippen LogP contribution in [0.25, 0.3) is 0 Å². The number of amides is 1. The maximum Gasteiger partial charge on any atom is 0.221 e. The molecule has 1 aromatic rings. The van der Waals surface area contributed by atoms with Crippen LogP contribution in [0.3, 0.4) is 0 Å². The molecule has 0 saturated heterocycles. The van der Waals surface area contributed by atoms with Gasteiger partial charge in [-0.15, -0.1) is 0 Å². The fourth-order valence-corrected chi connectivity index (χ4v) is 2.15. The predicted molar refractivity (Wildman–Crippen MR) is 52.4 cm³/mol. The first-order chi connectivity index (χ1) is 6.80. The average molecular weight is 231 g/mol. The number of carbonyl (C=O) groups is 1. The third-order valence-electron chi connectivity index (χ3n) is 1.79. The lowest BCUT2D eigenvalue weighted by atomic mass is 10.1. The lowest BCUT2D eigenvalue weighted by Crippen LogP contribution is -2.16. The molecule has 0 aromatic heterocycles. The maximum atomic E-state index is 12.8. The molecule has 6 heteroatoms. The van der Waals surface area contributed by atoms with Gasteiger partial charge in [-0.2, -0.15) is 0 Å². The van der Waals surface area contributed by atoms with Gasteiger partial charge in [0.05, 0.1) is 11.3 Å². The molecule has 0 fully saturated rings. The molecule has 0 aliphatic heterocycles. The molecule has 2 N–H and O–H groups in total. The van der Waals surface area contributed by atoms with E-state index in [0.29, 0.717) is 0 Å². The van der Waals surface area contributed by atoms with Crippen molar-refractivity contribution in [1.82, 2.24) is 0 Å². The van der Waals surface area contributed by atoms with Crippen molar-refractivity contribution in [3.8, 4) is 0 Å². The van der Waals surface area contributed by atoms with Crippen molar-refractivity contribution in [2.45, 2.75) is 11.3 Å². The zero-order valence-electron chi connectivity index (χ0n) is 8.03. The van der Waals surface area contributed by atoms with E-state index in [-0.39, 0.29) is 16.9 Å². The Morgan fingerprint density at radius 1 is 1.47 bits per heavy atom. The van der Waals surface area contributed by atoms with Gasteiger partial charge in [-0.05, 0) is 17.7 Å². The van der Waals surface area contributed by atoms with E-state index in [2.05, 4.69) is 0 Å². The monoisotopic (exact) mass is 231 g/mol. The number of halogens is 1. The molecule has 1 aromatic carbocycles. The first-order valence-corrected chi connectivity index (χ1v) is 5.96. The highest BCUT2D eigenvalue weighted by Gasteiger charge is 2.15. The number of sulfone groups is 1. The van der Waals surface area contributed by atoms with Crippen LogP contribution in [-0.4, -0.2) is 20.6 Å². The fourth-order valence-electron chi connectivity index (χ4n) is 1.21. The van der Waals surface area contributed by atoms with Gasteiger partial charge in [0.25, 0.3) is 0 Å². The van der Waals surface area contributed by atoms with Gasteiger partial charge in [0.15, 0.2) is 9.84 Å². The maximum absolute atomic E-state index is 12.8. The summed E-state index contributed by atoms with van der Waals surface area (Å²) in [5.74, 6) is -1.32. The summed E-state index contributed by atoms with van der Waals surface area (Å²) in [5.41, 5.74) is 5.16. The molecule has 0 bridgehead atoms. The highest BCUT2D eigenvalue weighted by Crippen LogP contribution is 2.17. The largest absolute Gasteiger partial charge is 0.369 e. The number of hydrogen-bond donors (Lipinski definition) is 1. The molecule has 15 heavy (non-hydrogen) atoms. The van der Waals surface area contributed by atoms with Gasteiger partial charge in [-0.25, -0.2) is 12.8 Å². The molecule has 1 rings (SSSR count). The number of primary amides is 1. The van der Waals surface area contributed by atoms with Gasteiger partial charge < -0.3 is 5.73 Å². The first-order valence-electron chi connectivity index (χ1n) is 4.07. The Balaban J connectivity index is 3.33. The van der Waals surface area contributed by atoms with Crippen molar-refractivity contribution >= 4 is 15.7 Å². The summed E-state index contributed by atoms with van der Waals surface area (Å²) in [6, 6.07) is 3.22. The minimum absolute atomic E-state index is 0.193. The third kappa shape index (κ3) is 3.02. The van der Waals surface area contributed by atoms with Crippen LogP contribution in [0.15, 0.2) is 23.1 Å². The van der Waals surface area contributed by atoms with Crippen molar-refractivity contribution in [1.29, 1.82) is 0 Å². The lowest BCUT2D eigenvalue weighted by molar-refractivity contribution is -0.117. The summed E-state index contributed by atoms with van der Waals surface area (Å²) >= 11 is 0. The van der Waals surface area contributed by atoms with E-state index < -0.39 is 21.6 Å². The van der Waals surface area contributed by atoms with E-state index in [4.69, 9.17) is 5.73 Å². The number of rotatable bonds is 3. The van der Waals surface area contributed by atoms with Crippen LogP contribution >= 0.6 is 0 Å². The Labute approximate surface area is 86.8 Å².